The van der Waals surface area contributed by atoms with Crippen molar-refractivity contribution in [2.45, 2.75) is 12.8 Å². The zero-order chi connectivity index (χ0) is 17.5. The Balaban J connectivity index is 0.00000243. The molecule has 0 unspecified atom stereocenters. The highest BCUT2D eigenvalue weighted by molar-refractivity contribution is 14.0. The van der Waals surface area contributed by atoms with Crippen molar-refractivity contribution < 1.29 is 4.74 Å². The van der Waals surface area contributed by atoms with Crippen LogP contribution in [0.3, 0.4) is 0 Å². The van der Waals surface area contributed by atoms with Crippen LogP contribution >= 0.6 is 35.3 Å². The van der Waals surface area contributed by atoms with Crippen LogP contribution in [0.25, 0.3) is 0 Å². The number of methoxy groups -OCH3 is 1. The van der Waals surface area contributed by atoms with Crippen LogP contribution in [0.1, 0.15) is 12.0 Å². The van der Waals surface area contributed by atoms with Crippen molar-refractivity contribution >= 4 is 46.4 Å². The molecule has 1 aliphatic heterocycles. The van der Waals surface area contributed by atoms with Crippen molar-refractivity contribution in [3.63, 3.8) is 0 Å². The maximum Gasteiger partial charge on any atom is 0.191 e. The number of rotatable bonds is 6. The predicted molar refractivity (Wildman–Crippen MR) is 119 cm³/mol. The molecule has 0 bridgehead atoms. The second-order valence-corrected chi connectivity index (χ2v) is 6.86. The van der Waals surface area contributed by atoms with Crippen molar-refractivity contribution in [2.75, 3.05) is 44.7 Å². The number of thiazole rings is 1. The normalized spacial score (nSPS) is 14.9. The van der Waals surface area contributed by atoms with E-state index in [2.05, 4.69) is 31.9 Å². The molecular formula is C18H26IN5OS. The number of piperazine rings is 1. The number of nitrogens with two attached hydrogens (primary N) is 1. The molecule has 142 valence electrons. The van der Waals surface area contributed by atoms with Crippen molar-refractivity contribution in [1.29, 1.82) is 0 Å². The van der Waals surface area contributed by atoms with E-state index >= 15 is 0 Å². The first kappa shape index (κ1) is 20.8. The fourth-order valence-electron chi connectivity index (χ4n) is 2.90. The molecule has 1 aliphatic rings. The summed E-state index contributed by atoms with van der Waals surface area (Å²) in [5.41, 5.74) is 7.43. The van der Waals surface area contributed by atoms with Crippen LogP contribution < -0.4 is 15.4 Å². The number of halogens is 1. The lowest BCUT2D eigenvalue weighted by atomic mass is 10.1. The van der Waals surface area contributed by atoms with Crippen molar-refractivity contribution in [1.82, 2.24) is 9.88 Å². The van der Waals surface area contributed by atoms with Gasteiger partial charge in [-0.05, 0) is 30.5 Å². The van der Waals surface area contributed by atoms with E-state index in [0.717, 1.165) is 56.4 Å². The van der Waals surface area contributed by atoms with Crippen LogP contribution in [0, 0.1) is 0 Å². The quantitative estimate of drug-likeness (QED) is 0.294. The molecule has 1 saturated heterocycles. The number of nitrogens with zero attached hydrogens (tertiary/aromatic N) is 4. The topological polar surface area (TPSA) is 67.0 Å². The summed E-state index contributed by atoms with van der Waals surface area (Å²) in [6.45, 7) is 4.41. The van der Waals surface area contributed by atoms with E-state index in [4.69, 9.17) is 10.5 Å². The summed E-state index contributed by atoms with van der Waals surface area (Å²) in [6.07, 6.45) is 3.81. The van der Waals surface area contributed by atoms with E-state index in [0.29, 0.717) is 5.96 Å². The standard InChI is InChI=1S/C18H25N5OS.HI/c1-24-16-6-2-4-15(14-16)5-3-7-20-17(19)22-9-11-23(12-10-22)18-21-8-13-25-18;/h2,4,6,8,13-14H,3,5,7,9-12H2,1H3,(H2,19,20);1H. The molecule has 0 amide bonds. The van der Waals surface area contributed by atoms with Gasteiger partial charge < -0.3 is 20.3 Å². The maximum absolute atomic E-state index is 6.16. The summed E-state index contributed by atoms with van der Waals surface area (Å²) < 4.78 is 5.25. The molecule has 0 aliphatic carbocycles. The number of hydrogen-bond acceptors (Lipinski definition) is 5. The third kappa shape index (κ3) is 5.73. The third-order valence-electron chi connectivity index (χ3n) is 4.32. The van der Waals surface area contributed by atoms with Crippen LogP contribution in [0.2, 0.25) is 0 Å². The molecule has 1 fully saturated rings. The average Bonchev–Trinajstić information content (AvgIpc) is 3.20. The number of benzene rings is 1. The second-order valence-electron chi connectivity index (χ2n) is 5.98. The van der Waals surface area contributed by atoms with Gasteiger partial charge in [0.15, 0.2) is 11.1 Å². The lowest BCUT2D eigenvalue weighted by molar-refractivity contribution is 0.380. The van der Waals surface area contributed by atoms with Crippen molar-refractivity contribution in [2.24, 2.45) is 10.7 Å². The fraction of sp³-hybridized carbons (Fsp3) is 0.444. The first-order valence-electron chi connectivity index (χ1n) is 8.58. The van der Waals surface area contributed by atoms with Crippen LogP contribution in [0.15, 0.2) is 40.8 Å². The van der Waals surface area contributed by atoms with Gasteiger partial charge in [0.1, 0.15) is 5.75 Å². The minimum atomic E-state index is 0. The Bertz CT molecular complexity index is 687. The maximum atomic E-state index is 6.16. The van der Waals surface area contributed by atoms with E-state index in [-0.39, 0.29) is 24.0 Å². The average molecular weight is 487 g/mol. The van der Waals surface area contributed by atoms with E-state index in [1.807, 2.05) is 23.7 Å². The highest BCUT2D eigenvalue weighted by Gasteiger charge is 2.19. The molecule has 1 aromatic heterocycles. The highest BCUT2D eigenvalue weighted by atomic mass is 127. The molecule has 1 aromatic carbocycles. The van der Waals surface area contributed by atoms with Crippen LogP contribution in [-0.4, -0.2) is 55.7 Å². The van der Waals surface area contributed by atoms with Gasteiger partial charge in [0.25, 0.3) is 0 Å². The van der Waals surface area contributed by atoms with Gasteiger partial charge in [-0.25, -0.2) is 4.98 Å². The van der Waals surface area contributed by atoms with E-state index in [9.17, 15) is 0 Å². The predicted octanol–water partition coefficient (Wildman–Crippen LogP) is 2.84. The number of guanidine groups is 1. The summed E-state index contributed by atoms with van der Waals surface area (Å²) in [7, 11) is 1.69. The molecule has 2 aromatic rings. The van der Waals surface area contributed by atoms with Gasteiger partial charge in [0, 0.05) is 44.3 Å². The molecule has 0 saturated carbocycles. The first-order chi connectivity index (χ1) is 12.3. The molecule has 3 rings (SSSR count). The number of hydrogen-bond donors (Lipinski definition) is 1. The first-order valence-corrected chi connectivity index (χ1v) is 9.46. The van der Waals surface area contributed by atoms with Crippen molar-refractivity contribution in [3.8, 4) is 5.75 Å². The summed E-state index contributed by atoms with van der Waals surface area (Å²) in [5, 5.41) is 3.10. The minimum absolute atomic E-state index is 0. The van der Waals surface area contributed by atoms with Crippen LogP contribution in [-0.2, 0) is 6.42 Å². The molecular weight excluding hydrogens is 461 g/mol. The van der Waals surface area contributed by atoms with Gasteiger partial charge in [0.05, 0.1) is 7.11 Å². The zero-order valence-electron chi connectivity index (χ0n) is 15.0. The van der Waals surface area contributed by atoms with E-state index < -0.39 is 0 Å². The molecule has 0 spiro atoms. The van der Waals surface area contributed by atoms with Gasteiger partial charge in [-0.2, -0.15) is 0 Å². The van der Waals surface area contributed by atoms with Gasteiger partial charge in [-0.1, -0.05) is 12.1 Å². The van der Waals surface area contributed by atoms with Crippen LogP contribution in [0.4, 0.5) is 5.13 Å². The van der Waals surface area contributed by atoms with Gasteiger partial charge in [0.2, 0.25) is 0 Å². The summed E-state index contributed by atoms with van der Waals surface area (Å²) >= 11 is 1.68. The Morgan fingerprint density at radius 1 is 1.31 bits per heavy atom. The molecule has 8 heteroatoms. The van der Waals surface area contributed by atoms with Crippen LogP contribution in [0.5, 0.6) is 5.75 Å². The molecule has 2 N–H and O–H groups in total. The Kier molecular flexibility index (Phi) is 8.43. The molecule has 6 nitrogen and oxygen atoms in total. The lowest BCUT2D eigenvalue weighted by Gasteiger charge is -2.35. The number of ether oxygens (including phenoxy) is 1. The van der Waals surface area contributed by atoms with Gasteiger partial charge in [-0.3, -0.25) is 4.99 Å². The zero-order valence-corrected chi connectivity index (χ0v) is 18.2. The molecule has 0 radical (unpaired) electrons. The van der Waals surface area contributed by atoms with Gasteiger partial charge >= 0.3 is 0 Å². The Morgan fingerprint density at radius 3 is 2.81 bits per heavy atom. The summed E-state index contributed by atoms with van der Waals surface area (Å²) in [4.78, 5) is 13.4. The molecule has 0 atom stereocenters. The third-order valence-corrected chi connectivity index (χ3v) is 5.16. The monoisotopic (exact) mass is 487 g/mol. The lowest BCUT2D eigenvalue weighted by Crippen LogP contribution is -2.51. The summed E-state index contributed by atoms with van der Waals surface area (Å²) in [6, 6.07) is 8.18. The number of anilines is 1. The Morgan fingerprint density at radius 2 is 2.12 bits per heavy atom. The Hall–Kier alpha value is -1.55. The molecule has 2 heterocycles. The SMILES string of the molecule is COc1cccc(CCCN=C(N)N2CCN(c3nccs3)CC2)c1.I. The Labute approximate surface area is 176 Å². The minimum Gasteiger partial charge on any atom is -0.497 e. The van der Waals surface area contributed by atoms with Gasteiger partial charge in [-0.15, -0.1) is 35.3 Å². The van der Waals surface area contributed by atoms with Crippen molar-refractivity contribution in [3.05, 3.63) is 41.4 Å². The largest absolute Gasteiger partial charge is 0.497 e. The fourth-order valence-corrected chi connectivity index (χ4v) is 3.60. The number of aliphatic imine (C=N–C) groups is 1. The second kappa shape index (κ2) is 10.6. The highest BCUT2D eigenvalue weighted by Crippen LogP contribution is 2.18. The van der Waals surface area contributed by atoms with E-state index in [1.54, 1.807) is 18.4 Å². The summed E-state index contributed by atoms with van der Waals surface area (Å²) in [5.74, 6) is 1.56. The van der Waals surface area contributed by atoms with E-state index in [1.165, 1.54) is 5.56 Å². The number of aryl methyl sites for hydroxylation is 1. The smallest absolute Gasteiger partial charge is 0.191 e. The number of aromatic nitrogens is 1. The molecule has 26 heavy (non-hydrogen) atoms.